The summed E-state index contributed by atoms with van der Waals surface area (Å²) < 4.78 is 20.6. The van der Waals surface area contributed by atoms with Crippen molar-refractivity contribution in [2.24, 2.45) is 0 Å². The summed E-state index contributed by atoms with van der Waals surface area (Å²) in [5.41, 5.74) is 6.27. The monoisotopic (exact) mass is 269 g/mol. The number of nitrogen functional groups attached to an aromatic ring is 1. The smallest absolute Gasteiger partial charge is 0.340 e. The van der Waals surface area contributed by atoms with Crippen LogP contribution >= 0.6 is 0 Å². The van der Waals surface area contributed by atoms with Crippen molar-refractivity contribution in [1.29, 1.82) is 0 Å². The van der Waals surface area contributed by atoms with E-state index in [-0.39, 0.29) is 17.0 Å². The number of hydrogen-bond acceptors (Lipinski definition) is 6. The molecule has 6 heteroatoms. The second kappa shape index (κ2) is 6.72. The number of carbonyl (C=O) groups excluding carboxylic acids is 1. The molecule has 0 saturated heterocycles. The third-order valence-electron chi connectivity index (χ3n) is 2.53. The number of anilines is 1. The zero-order valence-electron chi connectivity index (χ0n) is 11.6. The molecule has 0 aliphatic heterocycles. The first-order valence-electron chi connectivity index (χ1n) is 5.86. The van der Waals surface area contributed by atoms with Crippen LogP contribution in [-0.2, 0) is 4.74 Å². The van der Waals surface area contributed by atoms with E-state index in [1.165, 1.54) is 27.4 Å². The standard InChI is InChI=1S/C13H19NO5/c1-5-6-19-13(15)8-7-9(16-2)11(17-3)12(18-4)10(8)14/h7H,5-6,14H2,1-4H3. The van der Waals surface area contributed by atoms with Gasteiger partial charge < -0.3 is 24.7 Å². The van der Waals surface area contributed by atoms with Gasteiger partial charge >= 0.3 is 5.97 Å². The molecular weight excluding hydrogens is 250 g/mol. The van der Waals surface area contributed by atoms with Crippen molar-refractivity contribution < 1.29 is 23.7 Å². The molecule has 1 aromatic rings. The van der Waals surface area contributed by atoms with Gasteiger partial charge in [0.1, 0.15) is 0 Å². The van der Waals surface area contributed by atoms with Crippen molar-refractivity contribution in [3.05, 3.63) is 11.6 Å². The van der Waals surface area contributed by atoms with Crippen LogP contribution in [0.25, 0.3) is 0 Å². The fraction of sp³-hybridized carbons (Fsp3) is 0.462. The number of hydrogen-bond donors (Lipinski definition) is 1. The Bertz CT molecular complexity index is 459. The fourth-order valence-corrected chi connectivity index (χ4v) is 1.62. The van der Waals surface area contributed by atoms with E-state index in [9.17, 15) is 4.79 Å². The molecule has 1 aromatic carbocycles. The highest BCUT2D eigenvalue weighted by Gasteiger charge is 2.23. The van der Waals surface area contributed by atoms with E-state index in [1.807, 2.05) is 6.92 Å². The first-order chi connectivity index (χ1) is 9.10. The minimum Gasteiger partial charge on any atom is -0.493 e. The minimum atomic E-state index is -0.515. The van der Waals surface area contributed by atoms with E-state index in [1.54, 1.807) is 0 Å². The molecule has 106 valence electrons. The van der Waals surface area contributed by atoms with E-state index in [2.05, 4.69) is 0 Å². The number of carbonyl (C=O) groups is 1. The van der Waals surface area contributed by atoms with Gasteiger partial charge in [-0.15, -0.1) is 0 Å². The Morgan fingerprint density at radius 3 is 2.26 bits per heavy atom. The highest BCUT2D eigenvalue weighted by molar-refractivity contribution is 5.98. The SMILES string of the molecule is CCCOC(=O)c1cc(OC)c(OC)c(OC)c1N. The second-order valence-corrected chi connectivity index (χ2v) is 3.74. The first-order valence-corrected chi connectivity index (χ1v) is 5.86. The lowest BCUT2D eigenvalue weighted by Gasteiger charge is -2.16. The van der Waals surface area contributed by atoms with Gasteiger partial charge in [-0.2, -0.15) is 0 Å². The number of rotatable bonds is 6. The predicted molar refractivity (Wildman–Crippen MR) is 71.1 cm³/mol. The van der Waals surface area contributed by atoms with Crippen LogP contribution in [0.3, 0.4) is 0 Å². The largest absolute Gasteiger partial charge is 0.493 e. The molecule has 6 nitrogen and oxygen atoms in total. The highest BCUT2D eigenvalue weighted by Crippen LogP contribution is 2.43. The fourth-order valence-electron chi connectivity index (χ4n) is 1.62. The molecule has 0 unspecified atom stereocenters. The Labute approximate surface area is 112 Å². The molecule has 0 aliphatic rings. The average molecular weight is 269 g/mol. The van der Waals surface area contributed by atoms with Gasteiger partial charge in [-0.1, -0.05) is 6.92 Å². The lowest BCUT2D eigenvalue weighted by Crippen LogP contribution is -2.11. The van der Waals surface area contributed by atoms with Crippen molar-refractivity contribution in [1.82, 2.24) is 0 Å². The van der Waals surface area contributed by atoms with Crippen LogP contribution < -0.4 is 19.9 Å². The quantitative estimate of drug-likeness (QED) is 0.627. The van der Waals surface area contributed by atoms with Gasteiger partial charge in [-0.25, -0.2) is 4.79 Å². The normalized spacial score (nSPS) is 9.89. The molecule has 0 aromatic heterocycles. The Hall–Kier alpha value is -2.11. The van der Waals surface area contributed by atoms with Gasteiger partial charge in [0.15, 0.2) is 11.5 Å². The Balaban J connectivity index is 3.29. The summed E-state index contributed by atoms with van der Waals surface area (Å²) in [7, 11) is 4.37. The highest BCUT2D eigenvalue weighted by atomic mass is 16.5. The molecule has 1 rings (SSSR count). The second-order valence-electron chi connectivity index (χ2n) is 3.74. The van der Waals surface area contributed by atoms with Crippen molar-refractivity contribution in [2.45, 2.75) is 13.3 Å². The van der Waals surface area contributed by atoms with Gasteiger partial charge in [-0.3, -0.25) is 0 Å². The van der Waals surface area contributed by atoms with E-state index < -0.39 is 5.97 Å². The molecule has 0 radical (unpaired) electrons. The van der Waals surface area contributed by atoms with Gasteiger partial charge in [0, 0.05) is 6.07 Å². The molecule has 0 atom stereocenters. The maximum atomic E-state index is 11.9. The number of esters is 1. The number of ether oxygens (including phenoxy) is 4. The Morgan fingerprint density at radius 1 is 1.16 bits per heavy atom. The van der Waals surface area contributed by atoms with Crippen LogP contribution in [0.5, 0.6) is 17.2 Å². The Morgan fingerprint density at radius 2 is 1.79 bits per heavy atom. The minimum absolute atomic E-state index is 0.168. The summed E-state index contributed by atoms with van der Waals surface area (Å²) in [5, 5.41) is 0. The molecular formula is C13H19NO5. The molecule has 0 fully saturated rings. The Kier molecular flexibility index (Phi) is 5.29. The number of methoxy groups -OCH3 is 3. The van der Waals surface area contributed by atoms with Crippen molar-refractivity contribution in [2.75, 3.05) is 33.7 Å². The van der Waals surface area contributed by atoms with Gasteiger partial charge in [0.25, 0.3) is 0 Å². The third kappa shape index (κ3) is 3.01. The van der Waals surface area contributed by atoms with E-state index in [0.29, 0.717) is 18.1 Å². The van der Waals surface area contributed by atoms with Crippen LogP contribution in [0.15, 0.2) is 6.07 Å². The summed E-state index contributed by atoms with van der Waals surface area (Å²) in [4.78, 5) is 11.9. The molecule has 0 heterocycles. The van der Waals surface area contributed by atoms with Gasteiger partial charge in [-0.05, 0) is 6.42 Å². The number of nitrogens with two attached hydrogens (primary N) is 1. The van der Waals surface area contributed by atoms with E-state index >= 15 is 0 Å². The zero-order valence-corrected chi connectivity index (χ0v) is 11.6. The molecule has 0 aliphatic carbocycles. The van der Waals surface area contributed by atoms with Crippen molar-refractivity contribution in [3.8, 4) is 17.2 Å². The lowest BCUT2D eigenvalue weighted by molar-refractivity contribution is 0.0505. The molecule has 0 spiro atoms. The van der Waals surface area contributed by atoms with E-state index in [0.717, 1.165) is 6.42 Å². The summed E-state index contributed by atoms with van der Waals surface area (Å²) in [5.74, 6) is 0.440. The van der Waals surface area contributed by atoms with Crippen LogP contribution in [0.4, 0.5) is 5.69 Å². The maximum Gasteiger partial charge on any atom is 0.340 e. The lowest BCUT2D eigenvalue weighted by atomic mass is 10.1. The molecule has 19 heavy (non-hydrogen) atoms. The predicted octanol–water partition coefficient (Wildman–Crippen LogP) is 1.86. The van der Waals surface area contributed by atoms with Crippen LogP contribution in [0.2, 0.25) is 0 Å². The summed E-state index contributed by atoms with van der Waals surface area (Å²) in [6.45, 7) is 2.24. The van der Waals surface area contributed by atoms with Crippen LogP contribution in [0.1, 0.15) is 23.7 Å². The van der Waals surface area contributed by atoms with Crippen LogP contribution in [0, 0.1) is 0 Å². The molecule has 0 amide bonds. The van der Waals surface area contributed by atoms with Crippen molar-refractivity contribution in [3.63, 3.8) is 0 Å². The van der Waals surface area contributed by atoms with Gasteiger partial charge in [0.05, 0.1) is 39.2 Å². The topological polar surface area (TPSA) is 80.0 Å². The molecule has 0 bridgehead atoms. The summed E-state index contributed by atoms with van der Waals surface area (Å²) >= 11 is 0. The van der Waals surface area contributed by atoms with E-state index in [4.69, 9.17) is 24.7 Å². The average Bonchev–Trinajstić information content (AvgIpc) is 2.43. The summed E-state index contributed by atoms with van der Waals surface area (Å²) in [6, 6.07) is 1.48. The zero-order chi connectivity index (χ0) is 14.4. The first kappa shape index (κ1) is 14.9. The van der Waals surface area contributed by atoms with Gasteiger partial charge in [0.2, 0.25) is 5.75 Å². The van der Waals surface area contributed by atoms with Crippen molar-refractivity contribution >= 4 is 11.7 Å². The molecule has 2 N–H and O–H groups in total. The maximum absolute atomic E-state index is 11.9. The molecule has 0 saturated carbocycles. The number of benzene rings is 1. The van der Waals surface area contributed by atoms with Crippen LogP contribution in [-0.4, -0.2) is 33.9 Å². The third-order valence-corrected chi connectivity index (χ3v) is 2.53. The summed E-state index contributed by atoms with van der Waals surface area (Å²) in [6.07, 6.45) is 0.732.